The number of carbonyl (C=O) groups is 2. The highest BCUT2D eigenvalue weighted by Crippen LogP contribution is 2.14. The minimum absolute atomic E-state index is 0.0734. The van der Waals surface area contributed by atoms with Crippen LogP contribution in [-0.2, 0) is 9.53 Å². The van der Waals surface area contributed by atoms with Crippen molar-refractivity contribution in [2.45, 2.75) is 26.3 Å². The van der Waals surface area contributed by atoms with Crippen LogP contribution in [0.2, 0.25) is 0 Å². The Morgan fingerprint density at radius 1 is 1.26 bits per heavy atom. The predicted octanol–water partition coefficient (Wildman–Crippen LogP) is 1.27. The molecule has 1 heterocycles. The molecule has 0 saturated carbocycles. The van der Waals surface area contributed by atoms with Gasteiger partial charge in [-0.1, -0.05) is 18.2 Å². The molecule has 0 radical (unpaired) electrons. The van der Waals surface area contributed by atoms with E-state index in [-0.39, 0.29) is 30.3 Å². The van der Waals surface area contributed by atoms with Crippen LogP contribution in [0.1, 0.15) is 36.8 Å². The Kier molecular flexibility index (Phi) is 5.10. The summed E-state index contributed by atoms with van der Waals surface area (Å²) in [6.45, 7) is 3.78. The van der Waals surface area contributed by atoms with E-state index in [4.69, 9.17) is 0 Å². The Morgan fingerprint density at radius 2 is 1.91 bits per heavy atom. The minimum atomic E-state index is -0.431. The molecule has 23 heavy (non-hydrogen) atoms. The van der Waals surface area contributed by atoms with Crippen LogP contribution in [0, 0.1) is 0 Å². The molecule has 0 spiro atoms. The second kappa shape index (κ2) is 7.04. The number of hydrogen-bond donors (Lipinski definition) is 1. The first-order valence-corrected chi connectivity index (χ1v) is 7.32. The van der Waals surface area contributed by atoms with Crippen LogP contribution < -0.4 is 10.9 Å². The molecule has 0 aliphatic heterocycles. The van der Waals surface area contributed by atoms with Crippen LogP contribution in [0.4, 0.5) is 0 Å². The SMILES string of the molecule is COC(=O)CCNC(=O)c1nn(C(C)C)c(=O)c2ccccc12. The van der Waals surface area contributed by atoms with Crippen molar-refractivity contribution in [3.05, 3.63) is 40.3 Å². The highest BCUT2D eigenvalue weighted by atomic mass is 16.5. The number of aromatic nitrogens is 2. The number of hydrogen-bond acceptors (Lipinski definition) is 5. The lowest BCUT2D eigenvalue weighted by molar-refractivity contribution is -0.140. The lowest BCUT2D eigenvalue weighted by atomic mass is 10.1. The number of nitrogens with zero attached hydrogens (tertiary/aromatic N) is 2. The predicted molar refractivity (Wildman–Crippen MR) is 85.4 cm³/mol. The van der Waals surface area contributed by atoms with Gasteiger partial charge in [-0.15, -0.1) is 0 Å². The van der Waals surface area contributed by atoms with Crippen molar-refractivity contribution in [2.24, 2.45) is 0 Å². The van der Waals surface area contributed by atoms with Crippen molar-refractivity contribution in [3.63, 3.8) is 0 Å². The number of esters is 1. The summed E-state index contributed by atoms with van der Waals surface area (Å²) >= 11 is 0. The van der Waals surface area contributed by atoms with Crippen LogP contribution >= 0.6 is 0 Å². The van der Waals surface area contributed by atoms with E-state index in [2.05, 4.69) is 15.2 Å². The zero-order valence-corrected chi connectivity index (χ0v) is 13.3. The topological polar surface area (TPSA) is 90.3 Å². The summed E-state index contributed by atoms with van der Waals surface area (Å²) < 4.78 is 5.81. The first-order valence-electron chi connectivity index (χ1n) is 7.32. The fourth-order valence-corrected chi connectivity index (χ4v) is 2.19. The van der Waals surface area contributed by atoms with E-state index in [0.717, 1.165) is 0 Å². The maximum absolute atomic E-state index is 12.4. The molecule has 0 unspecified atom stereocenters. The highest BCUT2D eigenvalue weighted by molar-refractivity contribution is 6.04. The van der Waals surface area contributed by atoms with E-state index in [0.29, 0.717) is 10.8 Å². The van der Waals surface area contributed by atoms with Crippen molar-refractivity contribution >= 4 is 22.6 Å². The molecule has 7 heteroatoms. The standard InChI is InChI=1S/C16H19N3O4/c1-10(2)19-16(22)12-7-5-4-6-11(12)14(18-19)15(21)17-9-8-13(20)23-3/h4-7,10H,8-9H2,1-3H3,(H,17,21). The van der Waals surface area contributed by atoms with E-state index in [1.54, 1.807) is 24.3 Å². The summed E-state index contributed by atoms with van der Waals surface area (Å²) in [5, 5.41) is 7.75. The second-order valence-electron chi connectivity index (χ2n) is 5.32. The number of amides is 1. The zero-order chi connectivity index (χ0) is 17.0. The van der Waals surface area contributed by atoms with Crippen molar-refractivity contribution in [1.82, 2.24) is 15.1 Å². The fraction of sp³-hybridized carbons (Fsp3) is 0.375. The third-order valence-corrected chi connectivity index (χ3v) is 3.37. The van der Waals surface area contributed by atoms with Crippen molar-refractivity contribution in [2.75, 3.05) is 13.7 Å². The van der Waals surface area contributed by atoms with Gasteiger partial charge >= 0.3 is 5.97 Å². The van der Waals surface area contributed by atoms with Gasteiger partial charge in [0.15, 0.2) is 5.69 Å². The third-order valence-electron chi connectivity index (χ3n) is 3.37. The van der Waals surface area contributed by atoms with E-state index < -0.39 is 11.9 Å². The molecule has 7 nitrogen and oxygen atoms in total. The molecule has 2 aromatic rings. The minimum Gasteiger partial charge on any atom is -0.469 e. The molecule has 0 fully saturated rings. The Morgan fingerprint density at radius 3 is 2.52 bits per heavy atom. The molecule has 1 aromatic heterocycles. The highest BCUT2D eigenvalue weighted by Gasteiger charge is 2.17. The fourth-order valence-electron chi connectivity index (χ4n) is 2.19. The summed E-state index contributed by atoms with van der Waals surface area (Å²) in [5.41, 5.74) is -0.0690. The molecular weight excluding hydrogens is 298 g/mol. The molecule has 1 aromatic carbocycles. The van der Waals surface area contributed by atoms with Gasteiger partial charge in [0.2, 0.25) is 0 Å². The molecule has 0 atom stereocenters. The van der Waals surface area contributed by atoms with Crippen LogP contribution in [-0.4, -0.2) is 35.3 Å². The Labute approximate surface area is 133 Å². The number of fused-ring (bicyclic) bond motifs is 1. The smallest absolute Gasteiger partial charge is 0.307 e. The van der Waals surface area contributed by atoms with Gasteiger partial charge < -0.3 is 10.1 Å². The van der Waals surface area contributed by atoms with Gasteiger partial charge in [-0.2, -0.15) is 5.10 Å². The number of nitrogens with one attached hydrogen (secondary N) is 1. The van der Waals surface area contributed by atoms with E-state index in [1.807, 2.05) is 13.8 Å². The van der Waals surface area contributed by atoms with E-state index in [9.17, 15) is 14.4 Å². The van der Waals surface area contributed by atoms with E-state index >= 15 is 0 Å². The first-order chi connectivity index (χ1) is 11.0. The first kappa shape index (κ1) is 16.7. The molecule has 0 aliphatic carbocycles. The summed E-state index contributed by atoms with van der Waals surface area (Å²) in [7, 11) is 1.29. The van der Waals surface area contributed by atoms with Crippen molar-refractivity contribution < 1.29 is 14.3 Å². The normalized spacial score (nSPS) is 10.8. The quantitative estimate of drug-likeness (QED) is 0.839. The summed E-state index contributed by atoms with van der Waals surface area (Å²) in [6.07, 6.45) is 0.0734. The van der Waals surface area contributed by atoms with Gasteiger partial charge in [0, 0.05) is 11.9 Å². The number of carbonyl (C=O) groups excluding carboxylic acids is 2. The summed E-state index contributed by atoms with van der Waals surface area (Å²) in [4.78, 5) is 35.9. The van der Waals surface area contributed by atoms with E-state index in [1.165, 1.54) is 11.8 Å². The van der Waals surface area contributed by atoms with Crippen LogP contribution in [0.15, 0.2) is 29.1 Å². The number of benzene rings is 1. The average molecular weight is 317 g/mol. The molecule has 0 aliphatic rings. The largest absolute Gasteiger partial charge is 0.469 e. The maximum Gasteiger partial charge on any atom is 0.307 e. The molecule has 1 N–H and O–H groups in total. The Bertz CT molecular complexity index is 796. The molecule has 0 saturated heterocycles. The molecular formula is C16H19N3O4. The van der Waals surface area contributed by atoms with Gasteiger partial charge in [-0.05, 0) is 19.9 Å². The Balaban J connectivity index is 2.39. The van der Waals surface area contributed by atoms with Gasteiger partial charge in [0.1, 0.15) is 0 Å². The van der Waals surface area contributed by atoms with Gasteiger partial charge in [-0.3, -0.25) is 14.4 Å². The van der Waals surface area contributed by atoms with Gasteiger partial charge in [0.05, 0.1) is 25.0 Å². The van der Waals surface area contributed by atoms with Crippen LogP contribution in [0.25, 0.3) is 10.8 Å². The average Bonchev–Trinajstić information content (AvgIpc) is 2.54. The molecule has 122 valence electrons. The van der Waals surface area contributed by atoms with Crippen molar-refractivity contribution in [1.29, 1.82) is 0 Å². The number of methoxy groups -OCH3 is 1. The van der Waals surface area contributed by atoms with Crippen LogP contribution in [0.3, 0.4) is 0 Å². The zero-order valence-electron chi connectivity index (χ0n) is 13.3. The molecule has 1 amide bonds. The van der Waals surface area contributed by atoms with Crippen LogP contribution in [0.5, 0.6) is 0 Å². The molecule has 2 rings (SSSR count). The third kappa shape index (κ3) is 3.56. The van der Waals surface area contributed by atoms with Gasteiger partial charge in [-0.25, -0.2) is 4.68 Å². The summed E-state index contributed by atoms with van der Waals surface area (Å²) in [6, 6.07) is 6.67. The lowest BCUT2D eigenvalue weighted by Gasteiger charge is -2.13. The number of rotatable bonds is 5. The summed E-state index contributed by atoms with van der Waals surface area (Å²) in [5.74, 6) is -0.838. The van der Waals surface area contributed by atoms with Gasteiger partial charge in [0.25, 0.3) is 11.5 Å². The monoisotopic (exact) mass is 317 g/mol. The maximum atomic E-state index is 12.4. The lowest BCUT2D eigenvalue weighted by Crippen LogP contribution is -2.32. The Hall–Kier alpha value is -2.70. The van der Waals surface area contributed by atoms with Crippen molar-refractivity contribution in [3.8, 4) is 0 Å². The second-order valence-corrected chi connectivity index (χ2v) is 5.32. The number of ether oxygens (including phenoxy) is 1. The molecule has 0 bridgehead atoms.